The summed E-state index contributed by atoms with van der Waals surface area (Å²) in [5.41, 5.74) is 0.997. The molecule has 0 fully saturated rings. The Morgan fingerprint density at radius 1 is 1.13 bits per heavy atom. The zero-order valence-electron chi connectivity index (χ0n) is 12.9. The fourth-order valence-corrected chi connectivity index (χ4v) is 2.55. The molecule has 0 heterocycles. The van der Waals surface area contributed by atoms with E-state index >= 15 is 0 Å². The van der Waals surface area contributed by atoms with E-state index in [2.05, 4.69) is 12.2 Å². The molecule has 1 amide bonds. The number of hydrogen-bond donors (Lipinski definition) is 1. The average molecular weight is 352 g/mol. The van der Waals surface area contributed by atoms with Crippen LogP contribution in [0.15, 0.2) is 42.5 Å². The normalized spacial score (nSPS) is 10.4. The van der Waals surface area contributed by atoms with Crippen molar-refractivity contribution < 1.29 is 9.53 Å². The highest BCUT2D eigenvalue weighted by Crippen LogP contribution is 2.27. The van der Waals surface area contributed by atoms with Crippen molar-refractivity contribution in [2.75, 3.05) is 11.9 Å². The molecule has 23 heavy (non-hydrogen) atoms. The second-order valence-corrected chi connectivity index (χ2v) is 5.97. The second-order valence-electron chi connectivity index (χ2n) is 5.13. The lowest BCUT2D eigenvalue weighted by Crippen LogP contribution is -2.14. The summed E-state index contributed by atoms with van der Waals surface area (Å²) >= 11 is 12.0. The third-order valence-corrected chi connectivity index (χ3v) is 3.86. The minimum atomic E-state index is -0.264. The predicted octanol–water partition coefficient (Wildman–Crippen LogP) is 5.81. The van der Waals surface area contributed by atoms with E-state index in [1.165, 1.54) is 0 Å². The Labute approximate surface area is 146 Å². The van der Waals surface area contributed by atoms with Gasteiger partial charge in [-0.15, -0.1) is 0 Å². The number of amides is 1. The number of rotatable bonds is 7. The van der Waals surface area contributed by atoms with Gasteiger partial charge in [-0.1, -0.05) is 55.1 Å². The minimum Gasteiger partial charge on any atom is -0.493 e. The largest absolute Gasteiger partial charge is 0.493 e. The zero-order valence-corrected chi connectivity index (χ0v) is 14.5. The van der Waals surface area contributed by atoms with E-state index in [9.17, 15) is 4.79 Å². The molecule has 0 saturated carbocycles. The lowest BCUT2D eigenvalue weighted by molar-refractivity contribution is 0.102. The van der Waals surface area contributed by atoms with Crippen LogP contribution in [-0.2, 0) is 0 Å². The Kier molecular flexibility index (Phi) is 6.75. The minimum absolute atomic E-state index is 0.264. The number of ether oxygens (including phenoxy) is 1. The van der Waals surface area contributed by atoms with Crippen LogP contribution >= 0.6 is 23.2 Å². The van der Waals surface area contributed by atoms with E-state index < -0.39 is 0 Å². The summed E-state index contributed by atoms with van der Waals surface area (Å²) in [6.07, 6.45) is 3.20. The van der Waals surface area contributed by atoms with Crippen molar-refractivity contribution in [2.45, 2.75) is 26.2 Å². The first-order valence-corrected chi connectivity index (χ1v) is 8.35. The van der Waals surface area contributed by atoms with Gasteiger partial charge in [-0.2, -0.15) is 0 Å². The standard InChI is InChI=1S/C18H19Cl2NO2/c1-2-3-6-11-23-17-8-5-4-7-14(17)18(22)21-16-10-9-13(19)12-15(16)20/h4-5,7-10,12H,2-3,6,11H2,1H3,(H,21,22). The molecule has 0 aliphatic carbocycles. The molecule has 2 aromatic rings. The SMILES string of the molecule is CCCCCOc1ccccc1C(=O)Nc1ccc(Cl)cc1Cl. The van der Waals surface area contributed by atoms with Gasteiger partial charge in [0, 0.05) is 5.02 Å². The molecule has 5 heteroatoms. The van der Waals surface area contributed by atoms with Gasteiger partial charge in [-0.3, -0.25) is 4.79 Å². The summed E-state index contributed by atoms with van der Waals surface area (Å²) in [6.45, 7) is 2.73. The van der Waals surface area contributed by atoms with Gasteiger partial charge in [-0.25, -0.2) is 0 Å². The first kappa shape index (κ1) is 17.6. The van der Waals surface area contributed by atoms with Crippen LogP contribution < -0.4 is 10.1 Å². The van der Waals surface area contributed by atoms with E-state index in [4.69, 9.17) is 27.9 Å². The third kappa shape index (κ3) is 5.15. The van der Waals surface area contributed by atoms with Gasteiger partial charge < -0.3 is 10.1 Å². The van der Waals surface area contributed by atoms with Crippen molar-refractivity contribution in [3.8, 4) is 5.75 Å². The van der Waals surface area contributed by atoms with Crippen molar-refractivity contribution in [2.24, 2.45) is 0 Å². The van der Waals surface area contributed by atoms with Crippen LogP contribution in [0, 0.1) is 0 Å². The predicted molar refractivity (Wildman–Crippen MR) is 95.9 cm³/mol. The number of unbranched alkanes of at least 4 members (excludes halogenated alkanes) is 2. The number of anilines is 1. The first-order valence-electron chi connectivity index (χ1n) is 7.60. The van der Waals surface area contributed by atoms with E-state index in [-0.39, 0.29) is 5.91 Å². The molecule has 122 valence electrons. The number of halogens is 2. The van der Waals surface area contributed by atoms with Crippen LogP contribution in [0.25, 0.3) is 0 Å². The quantitative estimate of drug-likeness (QED) is 0.638. The van der Waals surface area contributed by atoms with Crippen LogP contribution in [0.2, 0.25) is 10.0 Å². The molecule has 3 nitrogen and oxygen atoms in total. The van der Waals surface area contributed by atoms with Gasteiger partial charge in [0.15, 0.2) is 0 Å². The summed E-state index contributed by atoms with van der Waals surface area (Å²) in [5.74, 6) is 0.312. The Hall–Kier alpha value is -1.71. The summed E-state index contributed by atoms with van der Waals surface area (Å²) in [7, 11) is 0. The maximum absolute atomic E-state index is 12.5. The molecule has 0 aromatic heterocycles. The molecule has 2 rings (SSSR count). The summed E-state index contributed by atoms with van der Waals surface area (Å²) in [6, 6.07) is 12.1. The fourth-order valence-electron chi connectivity index (χ4n) is 2.09. The number of carbonyl (C=O) groups excluding carboxylic acids is 1. The Morgan fingerprint density at radius 2 is 1.91 bits per heavy atom. The molecule has 0 unspecified atom stereocenters. The van der Waals surface area contributed by atoms with E-state index in [0.29, 0.717) is 33.7 Å². The van der Waals surface area contributed by atoms with Crippen LogP contribution in [0.1, 0.15) is 36.5 Å². The topological polar surface area (TPSA) is 38.3 Å². The van der Waals surface area contributed by atoms with Crippen LogP contribution in [-0.4, -0.2) is 12.5 Å². The fraction of sp³-hybridized carbons (Fsp3) is 0.278. The smallest absolute Gasteiger partial charge is 0.259 e. The Balaban J connectivity index is 2.09. The summed E-state index contributed by atoms with van der Waals surface area (Å²) in [5, 5.41) is 3.70. The number of nitrogens with one attached hydrogen (secondary N) is 1. The maximum Gasteiger partial charge on any atom is 0.259 e. The molecule has 2 aromatic carbocycles. The zero-order chi connectivity index (χ0) is 16.7. The van der Waals surface area contributed by atoms with Crippen LogP contribution in [0.5, 0.6) is 5.75 Å². The van der Waals surface area contributed by atoms with Crippen molar-refractivity contribution >= 4 is 34.8 Å². The average Bonchev–Trinajstić information content (AvgIpc) is 2.54. The van der Waals surface area contributed by atoms with Crippen LogP contribution in [0.4, 0.5) is 5.69 Å². The number of benzene rings is 2. The highest BCUT2D eigenvalue weighted by atomic mass is 35.5. The van der Waals surface area contributed by atoms with Gasteiger partial charge in [0.05, 0.1) is 22.9 Å². The molecule has 1 N–H and O–H groups in total. The van der Waals surface area contributed by atoms with E-state index in [1.807, 2.05) is 6.07 Å². The summed E-state index contributed by atoms with van der Waals surface area (Å²) in [4.78, 5) is 12.5. The third-order valence-electron chi connectivity index (χ3n) is 3.32. The molecular formula is C18H19Cl2NO2. The summed E-state index contributed by atoms with van der Waals surface area (Å²) < 4.78 is 5.73. The van der Waals surface area contributed by atoms with Crippen molar-refractivity contribution in [1.29, 1.82) is 0 Å². The molecule has 0 radical (unpaired) electrons. The Bertz CT molecular complexity index is 674. The highest BCUT2D eigenvalue weighted by molar-refractivity contribution is 6.36. The van der Waals surface area contributed by atoms with Gasteiger partial charge in [0.25, 0.3) is 5.91 Å². The molecule has 0 saturated heterocycles. The van der Waals surface area contributed by atoms with E-state index in [1.54, 1.807) is 36.4 Å². The monoisotopic (exact) mass is 351 g/mol. The van der Waals surface area contributed by atoms with Crippen molar-refractivity contribution in [3.63, 3.8) is 0 Å². The van der Waals surface area contributed by atoms with Crippen molar-refractivity contribution in [1.82, 2.24) is 0 Å². The molecule has 0 aliphatic heterocycles. The number of hydrogen-bond acceptors (Lipinski definition) is 2. The van der Waals surface area contributed by atoms with Gasteiger partial charge >= 0.3 is 0 Å². The van der Waals surface area contributed by atoms with Crippen molar-refractivity contribution in [3.05, 3.63) is 58.1 Å². The van der Waals surface area contributed by atoms with Gasteiger partial charge in [0.2, 0.25) is 0 Å². The van der Waals surface area contributed by atoms with E-state index in [0.717, 1.165) is 19.3 Å². The number of para-hydroxylation sites is 1. The van der Waals surface area contributed by atoms with Gasteiger partial charge in [-0.05, 0) is 36.8 Å². The lowest BCUT2D eigenvalue weighted by atomic mass is 10.1. The second kappa shape index (κ2) is 8.80. The maximum atomic E-state index is 12.5. The van der Waals surface area contributed by atoms with Gasteiger partial charge in [0.1, 0.15) is 5.75 Å². The Morgan fingerprint density at radius 3 is 2.65 bits per heavy atom. The molecule has 0 spiro atoms. The molecule has 0 bridgehead atoms. The first-order chi connectivity index (χ1) is 11.1. The van der Waals surface area contributed by atoms with Crippen LogP contribution in [0.3, 0.4) is 0 Å². The molecular weight excluding hydrogens is 333 g/mol. The molecule has 0 atom stereocenters. The molecule has 0 aliphatic rings. The highest BCUT2D eigenvalue weighted by Gasteiger charge is 2.13. The number of carbonyl (C=O) groups is 1. The lowest BCUT2D eigenvalue weighted by Gasteiger charge is -2.12.